The zero-order chi connectivity index (χ0) is 12.9. The number of esters is 1. The van der Waals surface area contributed by atoms with E-state index < -0.39 is 24.0 Å². The number of aliphatic carboxylic acids is 1. The van der Waals surface area contributed by atoms with Gasteiger partial charge in [0, 0.05) is 13.0 Å². The number of ether oxygens (including phenoxy) is 1. The molecule has 0 aliphatic rings. The fourth-order valence-electron chi connectivity index (χ4n) is 1.09. The van der Waals surface area contributed by atoms with Crippen LogP contribution in [-0.4, -0.2) is 29.7 Å². The van der Waals surface area contributed by atoms with Crippen LogP contribution in [0.5, 0.6) is 0 Å². The van der Waals surface area contributed by atoms with E-state index in [4.69, 9.17) is 15.6 Å². The summed E-state index contributed by atoms with van der Waals surface area (Å²) in [4.78, 5) is 22.3. The number of hydrogen-bond acceptors (Lipinski definition) is 4. The largest absolute Gasteiger partial charge is 0.479 e. The Hall–Kier alpha value is -1.10. The van der Waals surface area contributed by atoms with Crippen LogP contribution >= 0.6 is 0 Å². The molecule has 0 amide bonds. The van der Waals surface area contributed by atoms with Crippen LogP contribution in [0.25, 0.3) is 0 Å². The highest BCUT2D eigenvalue weighted by Gasteiger charge is 2.29. The minimum Gasteiger partial charge on any atom is -0.479 e. The number of nitrogens with two attached hydrogens (primary N) is 1. The zero-order valence-corrected chi connectivity index (χ0v) is 10.3. The Balaban J connectivity index is 4.47. The molecule has 0 fully saturated rings. The molecule has 0 rings (SSSR count). The molecule has 0 saturated heterocycles. The van der Waals surface area contributed by atoms with E-state index in [1.807, 2.05) is 20.8 Å². The summed E-state index contributed by atoms with van der Waals surface area (Å²) < 4.78 is 4.92. The number of carboxylic acid groups (broad SMARTS) is 1. The van der Waals surface area contributed by atoms with Crippen molar-refractivity contribution in [2.75, 3.05) is 6.54 Å². The summed E-state index contributed by atoms with van der Waals surface area (Å²) in [6, 6.07) is 0. The molecule has 5 heteroatoms. The Morgan fingerprint density at radius 3 is 2.19 bits per heavy atom. The van der Waals surface area contributed by atoms with Crippen molar-refractivity contribution >= 4 is 11.9 Å². The molecule has 3 N–H and O–H groups in total. The Morgan fingerprint density at radius 1 is 1.38 bits per heavy atom. The summed E-state index contributed by atoms with van der Waals surface area (Å²) in [6.07, 6.45) is -0.813. The van der Waals surface area contributed by atoms with Gasteiger partial charge in [-0.1, -0.05) is 27.7 Å². The molecule has 0 spiro atoms. The maximum Gasteiger partial charge on any atom is 0.345 e. The summed E-state index contributed by atoms with van der Waals surface area (Å²) in [5, 5.41) is 8.93. The van der Waals surface area contributed by atoms with Crippen LogP contribution in [0, 0.1) is 11.3 Å². The zero-order valence-electron chi connectivity index (χ0n) is 10.3. The van der Waals surface area contributed by atoms with Gasteiger partial charge in [0.25, 0.3) is 0 Å². The van der Waals surface area contributed by atoms with Gasteiger partial charge in [0.15, 0.2) is 6.10 Å². The molecule has 0 radical (unpaired) electrons. The lowest BCUT2D eigenvalue weighted by atomic mass is 9.89. The lowest BCUT2D eigenvalue weighted by Crippen LogP contribution is -2.34. The van der Waals surface area contributed by atoms with Gasteiger partial charge >= 0.3 is 11.9 Å². The maximum absolute atomic E-state index is 11.4. The fourth-order valence-corrected chi connectivity index (χ4v) is 1.09. The van der Waals surface area contributed by atoms with Crippen molar-refractivity contribution in [1.82, 2.24) is 0 Å². The van der Waals surface area contributed by atoms with Gasteiger partial charge in [0.05, 0.1) is 5.92 Å². The number of hydrogen-bond donors (Lipinski definition) is 2. The quantitative estimate of drug-likeness (QED) is 0.689. The number of carboxylic acids is 1. The second-order valence-corrected chi connectivity index (χ2v) is 5.17. The smallest absolute Gasteiger partial charge is 0.345 e. The topological polar surface area (TPSA) is 89.6 Å². The standard InChI is InChI=1S/C11H21NO4/c1-7(6-12)10(15)16-8(9(13)14)5-11(2,3)4/h7-8H,5-6,12H2,1-4H3,(H,13,14)/t7-,8?/m1/s1. The molecule has 0 aromatic carbocycles. The summed E-state index contributed by atoms with van der Waals surface area (Å²) in [5.41, 5.74) is 5.09. The number of carbonyl (C=O) groups excluding carboxylic acids is 1. The van der Waals surface area contributed by atoms with Crippen LogP contribution in [0.15, 0.2) is 0 Å². The average Bonchev–Trinajstić information content (AvgIpc) is 2.13. The lowest BCUT2D eigenvalue weighted by Gasteiger charge is -2.24. The van der Waals surface area contributed by atoms with Gasteiger partial charge in [-0.25, -0.2) is 4.79 Å². The number of carbonyl (C=O) groups is 2. The SMILES string of the molecule is C[C@H](CN)C(=O)OC(CC(C)(C)C)C(=O)O. The van der Waals surface area contributed by atoms with Crippen molar-refractivity contribution < 1.29 is 19.4 Å². The van der Waals surface area contributed by atoms with Crippen molar-refractivity contribution in [3.05, 3.63) is 0 Å². The van der Waals surface area contributed by atoms with Gasteiger partial charge in [-0.05, 0) is 5.41 Å². The normalized spacial score (nSPS) is 15.3. The minimum absolute atomic E-state index is 0.153. The van der Waals surface area contributed by atoms with E-state index in [2.05, 4.69) is 0 Å². The predicted octanol–water partition coefficient (Wildman–Crippen LogP) is 1.01. The molecule has 0 aliphatic heterocycles. The molecular weight excluding hydrogens is 210 g/mol. The molecule has 0 aliphatic carbocycles. The highest BCUT2D eigenvalue weighted by Crippen LogP contribution is 2.23. The summed E-state index contributed by atoms with van der Waals surface area (Å²) in [7, 11) is 0. The molecule has 0 bridgehead atoms. The van der Waals surface area contributed by atoms with Gasteiger partial charge in [-0.2, -0.15) is 0 Å². The van der Waals surface area contributed by atoms with E-state index in [0.29, 0.717) is 0 Å². The van der Waals surface area contributed by atoms with Gasteiger partial charge < -0.3 is 15.6 Å². The molecule has 0 aromatic rings. The molecule has 2 atom stereocenters. The fraction of sp³-hybridized carbons (Fsp3) is 0.818. The van der Waals surface area contributed by atoms with Gasteiger partial charge in [-0.15, -0.1) is 0 Å². The monoisotopic (exact) mass is 231 g/mol. The van der Waals surface area contributed by atoms with Crippen LogP contribution in [0.1, 0.15) is 34.1 Å². The van der Waals surface area contributed by atoms with E-state index in [9.17, 15) is 9.59 Å². The molecule has 0 aromatic heterocycles. The first-order valence-corrected chi connectivity index (χ1v) is 5.30. The first-order chi connectivity index (χ1) is 7.17. The third-order valence-electron chi connectivity index (χ3n) is 2.09. The van der Waals surface area contributed by atoms with Crippen LogP contribution < -0.4 is 5.73 Å². The molecule has 0 saturated carbocycles. The van der Waals surface area contributed by atoms with Gasteiger partial charge in [0.1, 0.15) is 0 Å². The molecule has 5 nitrogen and oxygen atoms in total. The number of rotatable bonds is 5. The van der Waals surface area contributed by atoms with Gasteiger partial charge in [0.2, 0.25) is 0 Å². The van der Waals surface area contributed by atoms with Crippen molar-refractivity contribution in [2.45, 2.75) is 40.2 Å². The summed E-state index contributed by atoms with van der Waals surface area (Å²) in [5.74, 6) is -2.14. The molecule has 16 heavy (non-hydrogen) atoms. The van der Waals surface area contributed by atoms with E-state index in [1.54, 1.807) is 6.92 Å². The lowest BCUT2D eigenvalue weighted by molar-refractivity contribution is -0.168. The highest BCUT2D eigenvalue weighted by molar-refractivity contribution is 5.79. The van der Waals surface area contributed by atoms with Gasteiger partial charge in [-0.3, -0.25) is 4.79 Å². The van der Waals surface area contributed by atoms with E-state index >= 15 is 0 Å². The van der Waals surface area contributed by atoms with E-state index in [0.717, 1.165) is 0 Å². The summed E-state index contributed by atoms with van der Waals surface area (Å²) >= 11 is 0. The molecule has 1 unspecified atom stereocenters. The van der Waals surface area contributed by atoms with Crippen molar-refractivity contribution in [3.8, 4) is 0 Å². The molecule has 0 heterocycles. The second-order valence-electron chi connectivity index (χ2n) is 5.17. The van der Waals surface area contributed by atoms with Crippen molar-refractivity contribution in [2.24, 2.45) is 17.1 Å². The first kappa shape index (κ1) is 14.9. The van der Waals surface area contributed by atoms with Crippen LogP contribution in [0.3, 0.4) is 0 Å². The van der Waals surface area contributed by atoms with Crippen LogP contribution in [0.2, 0.25) is 0 Å². The Bertz CT molecular complexity index is 257. The van der Waals surface area contributed by atoms with Crippen molar-refractivity contribution in [3.63, 3.8) is 0 Å². The molecule has 94 valence electrons. The Morgan fingerprint density at radius 2 is 1.88 bits per heavy atom. The third-order valence-corrected chi connectivity index (χ3v) is 2.09. The second kappa shape index (κ2) is 5.84. The van der Waals surface area contributed by atoms with Crippen molar-refractivity contribution in [1.29, 1.82) is 0 Å². The predicted molar refractivity (Wildman–Crippen MR) is 59.8 cm³/mol. The summed E-state index contributed by atoms with van der Waals surface area (Å²) in [6.45, 7) is 7.44. The van der Waals surface area contributed by atoms with Crippen LogP contribution in [-0.2, 0) is 14.3 Å². The Labute approximate surface area is 96.0 Å². The third kappa shape index (κ3) is 5.70. The maximum atomic E-state index is 11.4. The minimum atomic E-state index is -1.12. The first-order valence-electron chi connectivity index (χ1n) is 5.30. The van der Waals surface area contributed by atoms with E-state index in [-0.39, 0.29) is 18.4 Å². The van der Waals surface area contributed by atoms with Crippen LogP contribution in [0.4, 0.5) is 0 Å². The molecular formula is C11H21NO4. The average molecular weight is 231 g/mol. The Kier molecular flexibility index (Phi) is 5.44. The van der Waals surface area contributed by atoms with E-state index in [1.165, 1.54) is 0 Å². The highest BCUT2D eigenvalue weighted by atomic mass is 16.6.